The molecule has 2 aromatic rings. The Morgan fingerprint density at radius 1 is 0.931 bits per heavy atom. The molecule has 1 aliphatic rings. The van der Waals surface area contributed by atoms with Gasteiger partial charge in [-0.05, 0) is 49.2 Å². The smallest absolute Gasteiger partial charge is 0.177 e. The third-order valence-electron chi connectivity index (χ3n) is 5.12. The number of nitrogens with zero attached hydrogens (tertiary/aromatic N) is 1. The first kappa shape index (κ1) is 21.4. The molecule has 3 rings (SSSR count). The van der Waals surface area contributed by atoms with Crippen molar-refractivity contribution < 1.29 is 26.3 Å². The minimum Gasteiger partial charge on any atom is -0.497 e. The molecule has 1 atom stereocenters. The topological polar surface area (TPSA) is 90.0 Å². The Morgan fingerprint density at radius 3 is 2.24 bits per heavy atom. The maximum Gasteiger partial charge on any atom is 0.177 e. The summed E-state index contributed by atoms with van der Waals surface area (Å²) < 4.78 is 59.7. The molecule has 0 spiro atoms. The molecule has 0 aliphatic carbocycles. The highest BCUT2D eigenvalue weighted by molar-refractivity contribution is 7.91. The summed E-state index contributed by atoms with van der Waals surface area (Å²) in [7, 11) is -4.00. The summed E-state index contributed by atoms with van der Waals surface area (Å²) in [6, 6.07) is 9.70. The highest BCUT2D eigenvalue weighted by Gasteiger charge is 2.32. The molecular weight excluding hydrogens is 414 g/mol. The Kier molecular flexibility index (Phi) is 5.82. The number of methoxy groups -OCH3 is 2. The van der Waals surface area contributed by atoms with Crippen LogP contribution in [-0.2, 0) is 19.7 Å². The number of ether oxygens (including phenoxy) is 2. The minimum atomic E-state index is -3.65. The van der Waals surface area contributed by atoms with Crippen molar-refractivity contribution in [1.82, 2.24) is 0 Å². The standard InChI is InChI=1S/C20H25NO6S2/c1-26-14-7-10-19(27-2)16(12-14)17-6-5-11-21(17)18-9-8-15(28(3,22)23)13-20(18)29(4,24)25/h7-10,12-13,17H,5-6,11H2,1-4H3/t17-/m1/s1. The van der Waals surface area contributed by atoms with Gasteiger partial charge in [-0.3, -0.25) is 0 Å². The molecular formula is C20H25NO6S2. The summed E-state index contributed by atoms with van der Waals surface area (Å²) in [6.45, 7) is 0.645. The lowest BCUT2D eigenvalue weighted by atomic mass is 10.0. The van der Waals surface area contributed by atoms with E-state index >= 15 is 0 Å². The number of anilines is 1. The zero-order valence-corrected chi connectivity index (χ0v) is 18.5. The van der Waals surface area contributed by atoms with Crippen LogP contribution in [0.15, 0.2) is 46.2 Å². The average molecular weight is 440 g/mol. The summed E-state index contributed by atoms with van der Waals surface area (Å²) in [6.07, 6.45) is 3.82. The molecule has 9 heteroatoms. The Labute approximate surface area is 172 Å². The molecule has 0 bridgehead atoms. The molecule has 29 heavy (non-hydrogen) atoms. The minimum absolute atomic E-state index is 0.00851. The van der Waals surface area contributed by atoms with E-state index in [0.29, 0.717) is 23.7 Å². The van der Waals surface area contributed by atoms with Crippen LogP contribution in [0.3, 0.4) is 0 Å². The van der Waals surface area contributed by atoms with Crippen LogP contribution in [0.2, 0.25) is 0 Å². The maximum atomic E-state index is 12.5. The first-order valence-electron chi connectivity index (χ1n) is 9.09. The highest BCUT2D eigenvalue weighted by Crippen LogP contribution is 2.43. The van der Waals surface area contributed by atoms with Crippen molar-refractivity contribution in [2.45, 2.75) is 28.7 Å². The third-order valence-corrected chi connectivity index (χ3v) is 7.35. The molecule has 0 amide bonds. The van der Waals surface area contributed by atoms with Gasteiger partial charge in [0.2, 0.25) is 0 Å². The lowest BCUT2D eigenvalue weighted by Gasteiger charge is -2.30. The van der Waals surface area contributed by atoms with Gasteiger partial charge in [-0.25, -0.2) is 16.8 Å². The highest BCUT2D eigenvalue weighted by atomic mass is 32.2. The van der Waals surface area contributed by atoms with Gasteiger partial charge in [0.15, 0.2) is 19.7 Å². The summed E-state index contributed by atoms with van der Waals surface area (Å²) in [5.41, 5.74) is 1.39. The van der Waals surface area contributed by atoms with E-state index in [1.54, 1.807) is 20.3 Å². The normalized spacial score (nSPS) is 17.4. The van der Waals surface area contributed by atoms with Crippen molar-refractivity contribution in [1.29, 1.82) is 0 Å². The van der Waals surface area contributed by atoms with Crippen molar-refractivity contribution in [2.75, 3.05) is 38.2 Å². The quantitative estimate of drug-likeness (QED) is 0.684. The molecule has 0 N–H and O–H groups in total. The Morgan fingerprint density at radius 2 is 1.66 bits per heavy atom. The van der Waals surface area contributed by atoms with Crippen LogP contribution < -0.4 is 14.4 Å². The van der Waals surface area contributed by atoms with E-state index in [4.69, 9.17) is 9.47 Å². The van der Waals surface area contributed by atoms with Crippen molar-refractivity contribution >= 4 is 25.4 Å². The Balaban J connectivity index is 2.16. The van der Waals surface area contributed by atoms with Crippen LogP contribution in [0.25, 0.3) is 0 Å². The maximum absolute atomic E-state index is 12.5. The summed E-state index contributed by atoms with van der Waals surface area (Å²) in [4.78, 5) is 1.99. The van der Waals surface area contributed by atoms with Crippen LogP contribution in [-0.4, -0.2) is 50.1 Å². The summed E-state index contributed by atoms with van der Waals surface area (Å²) >= 11 is 0. The second-order valence-electron chi connectivity index (χ2n) is 7.13. The van der Waals surface area contributed by atoms with Gasteiger partial charge in [-0.1, -0.05) is 0 Å². The molecule has 1 saturated heterocycles. The lowest BCUT2D eigenvalue weighted by molar-refractivity contribution is 0.395. The largest absolute Gasteiger partial charge is 0.497 e. The predicted octanol–water partition coefficient (Wildman–Crippen LogP) is 2.85. The zero-order chi connectivity index (χ0) is 21.4. The fraction of sp³-hybridized carbons (Fsp3) is 0.400. The van der Waals surface area contributed by atoms with Crippen molar-refractivity contribution in [3.63, 3.8) is 0 Å². The first-order valence-corrected chi connectivity index (χ1v) is 12.9. The molecule has 0 unspecified atom stereocenters. The van der Waals surface area contributed by atoms with E-state index in [1.165, 1.54) is 12.1 Å². The van der Waals surface area contributed by atoms with E-state index < -0.39 is 19.7 Å². The average Bonchev–Trinajstić information content (AvgIpc) is 3.15. The van der Waals surface area contributed by atoms with Gasteiger partial charge in [-0.2, -0.15) is 0 Å². The van der Waals surface area contributed by atoms with Crippen molar-refractivity contribution in [3.05, 3.63) is 42.0 Å². The molecule has 0 aromatic heterocycles. The molecule has 7 nitrogen and oxygen atoms in total. The van der Waals surface area contributed by atoms with Gasteiger partial charge < -0.3 is 14.4 Å². The van der Waals surface area contributed by atoms with Gasteiger partial charge in [0.05, 0.1) is 35.7 Å². The summed E-state index contributed by atoms with van der Waals surface area (Å²) in [5.74, 6) is 1.37. The lowest BCUT2D eigenvalue weighted by Crippen LogP contribution is -2.25. The van der Waals surface area contributed by atoms with E-state index in [9.17, 15) is 16.8 Å². The number of benzene rings is 2. The Bertz CT molecular complexity index is 1130. The second kappa shape index (κ2) is 7.87. The predicted molar refractivity (Wildman–Crippen MR) is 112 cm³/mol. The summed E-state index contributed by atoms with van der Waals surface area (Å²) in [5, 5.41) is 0. The van der Waals surface area contributed by atoms with Crippen LogP contribution in [0.4, 0.5) is 5.69 Å². The van der Waals surface area contributed by atoms with Gasteiger partial charge >= 0.3 is 0 Å². The van der Waals surface area contributed by atoms with Crippen LogP contribution >= 0.6 is 0 Å². The molecule has 2 aromatic carbocycles. The molecule has 1 heterocycles. The molecule has 1 fully saturated rings. The number of hydrogen-bond donors (Lipinski definition) is 0. The Hall–Kier alpha value is -2.26. The van der Waals surface area contributed by atoms with Crippen LogP contribution in [0.1, 0.15) is 24.4 Å². The third kappa shape index (κ3) is 4.35. The fourth-order valence-electron chi connectivity index (χ4n) is 3.74. The van der Waals surface area contributed by atoms with E-state index in [2.05, 4.69) is 0 Å². The number of sulfone groups is 2. The first-order chi connectivity index (χ1) is 13.6. The van der Waals surface area contributed by atoms with Crippen molar-refractivity contribution in [3.8, 4) is 11.5 Å². The number of hydrogen-bond acceptors (Lipinski definition) is 7. The van der Waals surface area contributed by atoms with E-state index in [1.807, 2.05) is 23.1 Å². The van der Waals surface area contributed by atoms with Crippen LogP contribution in [0, 0.1) is 0 Å². The van der Waals surface area contributed by atoms with Gasteiger partial charge in [0.25, 0.3) is 0 Å². The monoisotopic (exact) mass is 439 g/mol. The van der Waals surface area contributed by atoms with Crippen molar-refractivity contribution in [2.24, 2.45) is 0 Å². The zero-order valence-electron chi connectivity index (χ0n) is 16.9. The molecule has 0 saturated carbocycles. The van der Waals surface area contributed by atoms with Gasteiger partial charge in [0, 0.05) is 24.6 Å². The SMILES string of the molecule is COc1ccc(OC)c([C@H]2CCCN2c2ccc(S(C)(=O)=O)cc2S(C)(=O)=O)c1. The molecule has 1 aliphatic heterocycles. The van der Waals surface area contributed by atoms with Crippen LogP contribution in [0.5, 0.6) is 11.5 Å². The molecule has 0 radical (unpaired) electrons. The second-order valence-corrected chi connectivity index (χ2v) is 11.1. The fourth-order valence-corrected chi connectivity index (χ4v) is 5.37. The number of rotatable bonds is 6. The van der Waals surface area contributed by atoms with Gasteiger partial charge in [-0.15, -0.1) is 0 Å². The van der Waals surface area contributed by atoms with E-state index in [0.717, 1.165) is 30.9 Å². The molecule has 158 valence electrons. The van der Waals surface area contributed by atoms with E-state index in [-0.39, 0.29) is 15.8 Å². The van der Waals surface area contributed by atoms with Gasteiger partial charge in [0.1, 0.15) is 11.5 Å².